The lowest BCUT2D eigenvalue weighted by atomic mass is 9.87. The summed E-state index contributed by atoms with van der Waals surface area (Å²) in [5.74, 6) is 1.27. The SMILES string of the molecule is C=C(N)c1cc(F)c(NC2CCC(C)CC2)nc1OCC(C)C. The number of rotatable bonds is 6. The molecule has 0 spiro atoms. The Hall–Kier alpha value is -1.78. The molecule has 0 amide bonds. The predicted molar refractivity (Wildman–Crippen MR) is 92.8 cm³/mol. The second-order valence-corrected chi connectivity index (χ2v) is 7.00. The van der Waals surface area contributed by atoms with Crippen LogP contribution < -0.4 is 15.8 Å². The van der Waals surface area contributed by atoms with Crippen LogP contribution in [0.4, 0.5) is 10.2 Å². The molecule has 1 aromatic rings. The van der Waals surface area contributed by atoms with Gasteiger partial charge in [-0.2, -0.15) is 4.98 Å². The van der Waals surface area contributed by atoms with Gasteiger partial charge in [0.15, 0.2) is 11.6 Å². The summed E-state index contributed by atoms with van der Waals surface area (Å²) in [6.45, 7) is 10.5. The van der Waals surface area contributed by atoms with E-state index in [1.54, 1.807) is 0 Å². The second-order valence-electron chi connectivity index (χ2n) is 7.00. The standard InChI is InChI=1S/C18H28FN3O/c1-11(2)10-23-18-15(13(4)20)9-16(19)17(22-18)21-14-7-5-12(3)6-8-14/h9,11-12,14H,4-8,10,20H2,1-3H3,(H,21,22). The number of hydrogen-bond acceptors (Lipinski definition) is 4. The number of nitrogens with zero attached hydrogens (tertiary/aromatic N) is 1. The monoisotopic (exact) mass is 321 g/mol. The van der Waals surface area contributed by atoms with Crippen molar-refractivity contribution >= 4 is 11.5 Å². The molecule has 0 radical (unpaired) electrons. The first kappa shape index (κ1) is 17.6. The Morgan fingerprint density at radius 2 is 2.09 bits per heavy atom. The zero-order valence-electron chi connectivity index (χ0n) is 14.4. The van der Waals surface area contributed by atoms with Crippen molar-refractivity contribution in [1.29, 1.82) is 0 Å². The number of pyridine rings is 1. The topological polar surface area (TPSA) is 60.2 Å². The molecule has 1 aromatic heterocycles. The minimum atomic E-state index is -0.415. The Balaban J connectivity index is 2.18. The molecule has 1 aliphatic rings. The summed E-state index contributed by atoms with van der Waals surface area (Å²) < 4.78 is 20.0. The number of ether oxygens (including phenoxy) is 1. The Kier molecular flexibility index (Phi) is 5.85. The summed E-state index contributed by atoms with van der Waals surface area (Å²) in [5.41, 5.74) is 6.42. The number of aromatic nitrogens is 1. The smallest absolute Gasteiger partial charge is 0.225 e. The third kappa shape index (κ3) is 4.85. The van der Waals surface area contributed by atoms with Crippen LogP contribution in [0.5, 0.6) is 5.88 Å². The van der Waals surface area contributed by atoms with Gasteiger partial charge in [-0.05, 0) is 43.6 Å². The number of halogens is 1. The minimum Gasteiger partial charge on any atom is -0.477 e. The molecule has 23 heavy (non-hydrogen) atoms. The van der Waals surface area contributed by atoms with E-state index in [0.29, 0.717) is 24.0 Å². The number of hydrogen-bond donors (Lipinski definition) is 2. The van der Waals surface area contributed by atoms with Crippen molar-refractivity contribution in [2.75, 3.05) is 11.9 Å². The van der Waals surface area contributed by atoms with E-state index < -0.39 is 5.82 Å². The molecular formula is C18H28FN3O. The molecule has 0 aromatic carbocycles. The molecule has 0 aliphatic heterocycles. The lowest BCUT2D eigenvalue weighted by Gasteiger charge is -2.27. The van der Waals surface area contributed by atoms with E-state index in [1.807, 2.05) is 13.8 Å². The van der Waals surface area contributed by atoms with Gasteiger partial charge < -0.3 is 15.8 Å². The van der Waals surface area contributed by atoms with Gasteiger partial charge in [-0.3, -0.25) is 0 Å². The summed E-state index contributed by atoms with van der Waals surface area (Å²) in [5, 5.41) is 3.23. The number of nitrogens with one attached hydrogen (secondary N) is 1. The van der Waals surface area contributed by atoms with Crippen molar-refractivity contribution in [1.82, 2.24) is 4.98 Å². The van der Waals surface area contributed by atoms with Gasteiger partial charge in [-0.25, -0.2) is 4.39 Å². The number of anilines is 1. The van der Waals surface area contributed by atoms with Gasteiger partial charge in [0.2, 0.25) is 5.88 Å². The lowest BCUT2D eigenvalue weighted by Crippen LogP contribution is -2.26. The van der Waals surface area contributed by atoms with Crippen LogP contribution in [-0.2, 0) is 0 Å². The van der Waals surface area contributed by atoms with Crippen LogP contribution in [0.15, 0.2) is 12.6 Å². The minimum absolute atomic E-state index is 0.244. The molecule has 1 aliphatic carbocycles. The number of nitrogens with two attached hydrogens (primary N) is 1. The third-order valence-corrected chi connectivity index (χ3v) is 4.20. The first-order valence-corrected chi connectivity index (χ1v) is 8.41. The summed E-state index contributed by atoms with van der Waals surface area (Å²) in [4.78, 5) is 4.33. The van der Waals surface area contributed by atoms with Gasteiger partial charge in [0.05, 0.1) is 12.2 Å². The van der Waals surface area contributed by atoms with Crippen molar-refractivity contribution in [3.05, 3.63) is 24.0 Å². The highest BCUT2D eigenvalue weighted by molar-refractivity contribution is 5.66. The van der Waals surface area contributed by atoms with Gasteiger partial charge >= 0.3 is 0 Å². The summed E-state index contributed by atoms with van der Waals surface area (Å²) in [6.07, 6.45) is 4.40. The third-order valence-electron chi connectivity index (χ3n) is 4.20. The second kappa shape index (κ2) is 7.66. The first-order valence-electron chi connectivity index (χ1n) is 8.41. The van der Waals surface area contributed by atoms with E-state index >= 15 is 0 Å². The maximum atomic E-state index is 14.3. The van der Waals surface area contributed by atoms with Crippen LogP contribution in [0.3, 0.4) is 0 Å². The van der Waals surface area contributed by atoms with Crippen molar-refractivity contribution in [2.45, 2.75) is 52.5 Å². The molecule has 5 heteroatoms. The average Bonchev–Trinajstić information content (AvgIpc) is 2.49. The zero-order chi connectivity index (χ0) is 17.0. The Morgan fingerprint density at radius 1 is 1.43 bits per heavy atom. The van der Waals surface area contributed by atoms with Crippen LogP contribution in [0.2, 0.25) is 0 Å². The summed E-state index contributed by atoms with van der Waals surface area (Å²) >= 11 is 0. The highest BCUT2D eigenvalue weighted by Crippen LogP contribution is 2.29. The Labute approximate surface area is 138 Å². The molecule has 0 atom stereocenters. The quantitative estimate of drug-likeness (QED) is 0.825. The molecule has 0 saturated heterocycles. The average molecular weight is 321 g/mol. The molecule has 128 valence electrons. The van der Waals surface area contributed by atoms with Gasteiger partial charge in [-0.15, -0.1) is 0 Å². The molecule has 1 saturated carbocycles. The molecule has 0 bridgehead atoms. The first-order chi connectivity index (χ1) is 10.9. The maximum absolute atomic E-state index is 14.3. The molecule has 1 heterocycles. The Morgan fingerprint density at radius 3 is 2.65 bits per heavy atom. The van der Waals surface area contributed by atoms with Crippen LogP contribution in [0, 0.1) is 17.7 Å². The van der Waals surface area contributed by atoms with Gasteiger partial charge in [0.1, 0.15) is 0 Å². The maximum Gasteiger partial charge on any atom is 0.225 e. The summed E-state index contributed by atoms with van der Waals surface area (Å²) in [7, 11) is 0. The van der Waals surface area contributed by atoms with Crippen LogP contribution in [0.1, 0.15) is 52.0 Å². The van der Waals surface area contributed by atoms with Crippen LogP contribution in [0.25, 0.3) is 5.70 Å². The van der Waals surface area contributed by atoms with Crippen molar-refractivity contribution in [3.8, 4) is 5.88 Å². The lowest BCUT2D eigenvalue weighted by molar-refractivity contribution is 0.260. The van der Waals surface area contributed by atoms with Crippen molar-refractivity contribution < 1.29 is 9.13 Å². The summed E-state index contributed by atoms with van der Waals surface area (Å²) in [6, 6.07) is 1.62. The zero-order valence-corrected chi connectivity index (χ0v) is 14.4. The van der Waals surface area contributed by atoms with Gasteiger partial charge in [0.25, 0.3) is 0 Å². The Bertz CT molecular complexity index is 551. The van der Waals surface area contributed by atoms with E-state index in [-0.39, 0.29) is 17.6 Å². The van der Waals surface area contributed by atoms with E-state index in [2.05, 4.69) is 23.8 Å². The molecule has 1 fully saturated rings. The fourth-order valence-electron chi connectivity index (χ4n) is 2.76. The van der Waals surface area contributed by atoms with E-state index in [1.165, 1.54) is 6.07 Å². The normalized spacial score (nSPS) is 21.3. The van der Waals surface area contributed by atoms with E-state index in [9.17, 15) is 4.39 Å². The van der Waals surface area contributed by atoms with Crippen LogP contribution >= 0.6 is 0 Å². The highest BCUT2D eigenvalue weighted by Gasteiger charge is 2.21. The van der Waals surface area contributed by atoms with Crippen molar-refractivity contribution in [3.63, 3.8) is 0 Å². The molecular weight excluding hydrogens is 293 g/mol. The van der Waals surface area contributed by atoms with E-state index in [0.717, 1.165) is 31.6 Å². The fraction of sp³-hybridized carbons (Fsp3) is 0.611. The molecule has 2 rings (SSSR count). The molecule has 4 nitrogen and oxygen atoms in total. The predicted octanol–water partition coefficient (Wildman–Crippen LogP) is 4.18. The van der Waals surface area contributed by atoms with E-state index in [4.69, 9.17) is 10.5 Å². The molecule has 3 N–H and O–H groups in total. The highest BCUT2D eigenvalue weighted by atomic mass is 19.1. The van der Waals surface area contributed by atoms with Crippen molar-refractivity contribution in [2.24, 2.45) is 17.6 Å². The van der Waals surface area contributed by atoms with Gasteiger partial charge in [0, 0.05) is 11.7 Å². The molecule has 0 unspecified atom stereocenters. The fourth-order valence-corrected chi connectivity index (χ4v) is 2.76. The van der Waals surface area contributed by atoms with Crippen LogP contribution in [-0.4, -0.2) is 17.6 Å². The van der Waals surface area contributed by atoms with Gasteiger partial charge in [-0.1, -0.05) is 27.4 Å². The largest absolute Gasteiger partial charge is 0.477 e.